The second kappa shape index (κ2) is 8.03. The van der Waals surface area contributed by atoms with Gasteiger partial charge in [0.05, 0.1) is 6.54 Å². The lowest BCUT2D eigenvalue weighted by atomic mass is 10.3. The van der Waals surface area contributed by atoms with Crippen molar-refractivity contribution in [3.05, 3.63) is 40.8 Å². The Hall–Kier alpha value is -1.99. The SMILES string of the molecule is O=C(CN1CCN(c2ncccn2)CC1)NCCc1cccs1. The highest BCUT2D eigenvalue weighted by Gasteiger charge is 2.20. The van der Waals surface area contributed by atoms with Gasteiger partial charge < -0.3 is 10.2 Å². The highest BCUT2D eigenvalue weighted by molar-refractivity contribution is 7.09. The molecule has 0 spiro atoms. The monoisotopic (exact) mass is 331 g/mol. The van der Waals surface area contributed by atoms with Crippen LogP contribution in [-0.2, 0) is 11.2 Å². The molecule has 3 heterocycles. The lowest BCUT2D eigenvalue weighted by molar-refractivity contribution is -0.122. The van der Waals surface area contributed by atoms with Crippen LogP contribution in [-0.4, -0.2) is 60.0 Å². The molecule has 0 radical (unpaired) electrons. The average molecular weight is 331 g/mol. The van der Waals surface area contributed by atoms with Crippen molar-refractivity contribution >= 4 is 23.2 Å². The maximum Gasteiger partial charge on any atom is 0.234 e. The van der Waals surface area contributed by atoms with Crippen molar-refractivity contribution < 1.29 is 4.79 Å². The van der Waals surface area contributed by atoms with E-state index >= 15 is 0 Å². The smallest absolute Gasteiger partial charge is 0.234 e. The van der Waals surface area contributed by atoms with E-state index in [0.717, 1.165) is 38.5 Å². The molecule has 1 saturated heterocycles. The number of amides is 1. The zero-order valence-corrected chi connectivity index (χ0v) is 13.8. The molecule has 23 heavy (non-hydrogen) atoms. The van der Waals surface area contributed by atoms with Crippen LogP contribution in [0.3, 0.4) is 0 Å². The third-order valence-corrected chi connectivity index (χ3v) is 4.78. The number of nitrogens with zero attached hydrogens (tertiary/aromatic N) is 4. The second-order valence-electron chi connectivity index (χ2n) is 5.49. The van der Waals surface area contributed by atoms with Crippen molar-refractivity contribution in [1.82, 2.24) is 20.2 Å². The molecule has 1 fully saturated rings. The Kier molecular flexibility index (Phi) is 5.55. The molecule has 2 aromatic heterocycles. The predicted octanol–water partition coefficient (Wildman–Crippen LogP) is 1.02. The minimum Gasteiger partial charge on any atom is -0.355 e. The van der Waals surface area contributed by atoms with Crippen LogP contribution in [0.4, 0.5) is 5.95 Å². The number of thiophene rings is 1. The zero-order chi connectivity index (χ0) is 15.9. The molecule has 7 heteroatoms. The van der Waals surface area contributed by atoms with Gasteiger partial charge in [0.2, 0.25) is 11.9 Å². The number of piperazine rings is 1. The minimum atomic E-state index is 0.103. The van der Waals surface area contributed by atoms with Crippen molar-refractivity contribution in [1.29, 1.82) is 0 Å². The van der Waals surface area contributed by atoms with Crippen LogP contribution >= 0.6 is 11.3 Å². The maximum atomic E-state index is 12.0. The molecule has 3 rings (SSSR count). The number of carbonyl (C=O) groups is 1. The molecule has 1 aliphatic rings. The van der Waals surface area contributed by atoms with E-state index in [1.54, 1.807) is 23.7 Å². The average Bonchev–Trinajstić information content (AvgIpc) is 3.10. The van der Waals surface area contributed by atoms with Crippen LogP contribution in [0.1, 0.15) is 4.88 Å². The Morgan fingerprint density at radius 3 is 2.65 bits per heavy atom. The van der Waals surface area contributed by atoms with Crippen molar-refractivity contribution in [2.45, 2.75) is 6.42 Å². The quantitative estimate of drug-likeness (QED) is 0.856. The summed E-state index contributed by atoms with van der Waals surface area (Å²) in [5.41, 5.74) is 0. The van der Waals surface area contributed by atoms with Crippen LogP contribution in [0.25, 0.3) is 0 Å². The molecule has 2 aromatic rings. The first-order valence-corrected chi connectivity index (χ1v) is 8.72. The molecule has 0 aromatic carbocycles. The number of nitrogens with one attached hydrogen (secondary N) is 1. The fourth-order valence-electron chi connectivity index (χ4n) is 2.60. The maximum absolute atomic E-state index is 12.0. The van der Waals surface area contributed by atoms with Crippen molar-refractivity contribution in [3.63, 3.8) is 0 Å². The van der Waals surface area contributed by atoms with Gasteiger partial charge in [-0.3, -0.25) is 9.69 Å². The van der Waals surface area contributed by atoms with Crippen molar-refractivity contribution in [2.75, 3.05) is 44.2 Å². The lowest BCUT2D eigenvalue weighted by Crippen LogP contribution is -2.50. The minimum absolute atomic E-state index is 0.103. The summed E-state index contributed by atoms with van der Waals surface area (Å²) in [5.74, 6) is 0.874. The van der Waals surface area contributed by atoms with Crippen molar-refractivity contribution in [2.24, 2.45) is 0 Å². The van der Waals surface area contributed by atoms with E-state index in [9.17, 15) is 4.79 Å². The molecular weight excluding hydrogens is 310 g/mol. The van der Waals surface area contributed by atoms with Gasteiger partial charge in [0.1, 0.15) is 0 Å². The Bertz CT molecular complexity index is 596. The van der Waals surface area contributed by atoms with Gasteiger partial charge in [-0.05, 0) is 23.9 Å². The third kappa shape index (κ3) is 4.74. The highest BCUT2D eigenvalue weighted by atomic mass is 32.1. The van der Waals surface area contributed by atoms with Crippen LogP contribution < -0.4 is 10.2 Å². The molecule has 122 valence electrons. The van der Waals surface area contributed by atoms with E-state index in [0.29, 0.717) is 13.1 Å². The van der Waals surface area contributed by atoms with Crippen molar-refractivity contribution in [3.8, 4) is 0 Å². The van der Waals surface area contributed by atoms with Gasteiger partial charge in [-0.25, -0.2) is 9.97 Å². The van der Waals surface area contributed by atoms with Gasteiger partial charge in [0, 0.05) is 50.0 Å². The highest BCUT2D eigenvalue weighted by Crippen LogP contribution is 2.10. The first-order valence-electron chi connectivity index (χ1n) is 7.84. The van der Waals surface area contributed by atoms with E-state index in [4.69, 9.17) is 0 Å². The van der Waals surface area contributed by atoms with E-state index in [2.05, 4.69) is 36.5 Å². The number of rotatable bonds is 6. The topological polar surface area (TPSA) is 61.4 Å². The van der Waals surface area contributed by atoms with Gasteiger partial charge in [0.15, 0.2) is 0 Å². The van der Waals surface area contributed by atoms with E-state index in [-0.39, 0.29) is 5.91 Å². The molecule has 0 saturated carbocycles. The molecular formula is C16H21N5OS. The second-order valence-corrected chi connectivity index (χ2v) is 6.52. The first-order chi connectivity index (χ1) is 11.3. The Balaban J connectivity index is 1.36. The molecule has 1 aliphatic heterocycles. The fraction of sp³-hybridized carbons (Fsp3) is 0.438. The number of anilines is 1. The summed E-state index contributed by atoms with van der Waals surface area (Å²) < 4.78 is 0. The summed E-state index contributed by atoms with van der Waals surface area (Å²) in [6.07, 6.45) is 4.42. The lowest BCUT2D eigenvalue weighted by Gasteiger charge is -2.34. The number of carbonyl (C=O) groups excluding carboxylic acids is 1. The van der Waals surface area contributed by atoms with Crippen LogP contribution in [0.2, 0.25) is 0 Å². The van der Waals surface area contributed by atoms with E-state index < -0.39 is 0 Å². The number of hydrogen-bond donors (Lipinski definition) is 1. The molecule has 6 nitrogen and oxygen atoms in total. The summed E-state index contributed by atoms with van der Waals surface area (Å²) in [4.78, 5) is 26.2. The van der Waals surface area contributed by atoms with Crippen LogP contribution in [0.5, 0.6) is 0 Å². The molecule has 1 N–H and O–H groups in total. The molecule has 0 atom stereocenters. The van der Waals surface area contributed by atoms with Gasteiger partial charge in [-0.1, -0.05) is 6.07 Å². The number of aromatic nitrogens is 2. The largest absolute Gasteiger partial charge is 0.355 e. The summed E-state index contributed by atoms with van der Waals surface area (Å²) in [6, 6.07) is 5.96. The fourth-order valence-corrected chi connectivity index (χ4v) is 3.31. The predicted molar refractivity (Wildman–Crippen MR) is 91.7 cm³/mol. The Morgan fingerprint density at radius 2 is 1.96 bits per heavy atom. The summed E-state index contributed by atoms with van der Waals surface area (Å²) in [7, 11) is 0. The van der Waals surface area contributed by atoms with E-state index in [1.165, 1.54) is 4.88 Å². The summed E-state index contributed by atoms with van der Waals surface area (Å²) >= 11 is 1.73. The molecule has 0 bridgehead atoms. The standard InChI is InChI=1S/C16H21N5OS/c22-15(17-7-4-14-3-1-12-23-14)13-20-8-10-21(11-9-20)16-18-5-2-6-19-16/h1-3,5-6,12H,4,7-11,13H2,(H,17,22). The molecule has 0 aliphatic carbocycles. The Morgan fingerprint density at radius 1 is 1.17 bits per heavy atom. The summed E-state index contributed by atoms with van der Waals surface area (Å²) in [6.45, 7) is 4.59. The van der Waals surface area contributed by atoms with Crippen LogP contribution in [0, 0.1) is 0 Å². The van der Waals surface area contributed by atoms with Gasteiger partial charge in [0.25, 0.3) is 0 Å². The van der Waals surface area contributed by atoms with Gasteiger partial charge in [-0.2, -0.15) is 0 Å². The normalized spacial score (nSPS) is 15.6. The summed E-state index contributed by atoms with van der Waals surface area (Å²) in [5, 5.41) is 5.06. The van der Waals surface area contributed by atoms with Gasteiger partial charge >= 0.3 is 0 Å². The zero-order valence-electron chi connectivity index (χ0n) is 13.0. The third-order valence-electron chi connectivity index (χ3n) is 3.85. The number of hydrogen-bond acceptors (Lipinski definition) is 6. The molecule has 1 amide bonds. The first kappa shape index (κ1) is 15.9. The van der Waals surface area contributed by atoms with Crippen LogP contribution in [0.15, 0.2) is 36.0 Å². The molecule has 0 unspecified atom stereocenters. The van der Waals surface area contributed by atoms with E-state index in [1.807, 2.05) is 12.1 Å². The Labute approximate surface area is 140 Å². The van der Waals surface area contributed by atoms with Gasteiger partial charge in [-0.15, -0.1) is 11.3 Å².